The molecule has 1 N–H and O–H groups in total. The Hall–Kier alpha value is -1.20. The van der Waals surface area contributed by atoms with E-state index in [4.69, 9.17) is 16.7 Å². The maximum absolute atomic E-state index is 11.2. The van der Waals surface area contributed by atoms with Crippen molar-refractivity contribution in [2.24, 2.45) is 0 Å². The zero-order valence-electron chi connectivity index (χ0n) is 11.1. The summed E-state index contributed by atoms with van der Waals surface area (Å²) >= 11 is 7.63. The molecule has 0 fully saturated rings. The molecular formula is C14H18ClNO3S. The molecule has 0 saturated heterocycles. The molecule has 0 aliphatic rings. The fourth-order valence-corrected chi connectivity index (χ4v) is 2.71. The average molecular weight is 316 g/mol. The Balaban J connectivity index is 2.37. The molecule has 0 saturated carbocycles. The van der Waals surface area contributed by atoms with Crippen LogP contribution in [0.1, 0.15) is 12.0 Å². The number of thioether (sulfide) groups is 1. The highest BCUT2D eigenvalue weighted by Crippen LogP contribution is 2.16. The molecule has 1 amide bonds. The first-order valence-electron chi connectivity index (χ1n) is 6.37. The Morgan fingerprint density at radius 1 is 1.30 bits per heavy atom. The number of carbonyl (C=O) groups is 2. The monoisotopic (exact) mass is 315 g/mol. The van der Waals surface area contributed by atoms with Crippen LogP contribution < -0.4 is 0 Å². The van der Waals surface area contributed by atoms with E-state index in [-0.39, 0.29) is 0 Å². The lowest BCUT2D eigenvalue weighted by molar-refractivity contribution is -0.107. The van der Waals surface area contributed by atoms with Crippen molar-refractivity contribution in [3.05, 3.63) is 34.9 Å². The van der Waals surface area contributed by atoms with Crippen LogP contribution in [0.15, 0.2) is 24.3 Å². The lowest BCUT2D eigenvalue weighted by Gasteiger charge is -2.19. The Bertz CT molecular complexity index is 442. The number of aldehydes is 1. The number of amides is 1. The van der Waals surface area contributed by atoms with Crippen molar-refractivity contribution in [1.29, 1.82) is 0 Å². The highest BCUT2D eigenvalue weighted by Gasteiger charge is 2.11. The predicted molar refractivity (Wildman–Crippen MR) is 82.8 cm³/mol. The van der Waals surface area contributed by atoms with Gasteiger partial charge in [-0.15, -0.1) is 0 Å². The molecule has 0 radical (unpaired) electrons. The molecule has 0 aromatic heterocycles. The maximum atomic E-state index is 11.2. The van der Waals surface area contributed by atoms with Crippen LogP contribution in [0.4, 0.5) is 4.79 Å². The number of carboxylic acid groups (broad SMARTS) is 1. The van der Waals surface area contributed by atoms with E-state index in [0.717, 1.165) is 17.6 Å². The first kappa shape index (κ1) is 16.9. The standard InChI is InChI=1S/C14H18ClNO3S/c15-13-5-2-1-4-12(13)6-7-16(14(18)19)8-11-20-10-3-9-17/h1-2,4-5,9H,3,6-8,10-11H2,(H,18,19). The summed E-state index contributed by atoms with van der Waals surface area (Å²) in [5.41, 5.74) is 0.953. The summed E-state index contributed by atoms with van der Waals surface area (Å²) < 4.78 is 0. The number of halogens is 1. The Labute approximate surface area is 128 Å². The van der Waals surface area contributed by atoms with E-state index >= 15 is 0 Å². The van der Waals surface area contributed by atoms with Gasteiger partial charge in [-0.2, -0.15) is 11.8 Å². The first-order chi connectivity index (χ1) is 9.65. The molecule has 1 rings (SSSR count). The summed E-state index contributed by atoms with van der Waals surface area (Å²) in [5.74, 6) is 1.43. The Morgan fingerprint density at radius 2 is 2.05 bits per heavy atom. The molecule has 0 spiro atoms. The maximum Gasteiger partial charge on any atom is 0.407 e. The number of hydrogen-bond donors (Lipinski definition) is 1. The molecule has 110 valence electrons. The van der Waals surface area contributed by atoms with Gasteiger partial charge in [-0.3, -0.25) is 0 Å². The molecule has 1 aromatic carbocycles. The van der Waals surface area contributed by atoms with E-state index in [1.807, 2.05) is 18.2 Å². The number of rotatable bonds is 9. The van der Waals surface area contributed by atoms with Gasteiger partial charge in [-0.05, 0) is 23.8 Å². The summed E-state index contributed by atoms with van der Waals surface area (Å²) in [6.07, 6.45) is 1.06. The van der Waals surface area contributed by atoms with Gasteiger partial charge in [-0.1, -0.05) is 29.8 Å². The first-order valence-corrected chi connectivity index (χ1v) is 7.91. The van der Waals surface area contributed by atoms with Gasteiger partial charge < -0.3 is 14.8 Å². The summed E-state index contributed by atoms with van der Waals surface area (Å²) in [5, 5.41) is 9.82. The van der Waals surface area contributed by atoms with E-state index in [1.165, 1.54) is 4.90 Å². The number of carbonyl (C=O) groups excluding carboxylic acids is 1. The molecule has 6 heteroatoms. The molecule has 0 heterocycles. The third-order valence-corrected chi connectivity index (χ3v) is 4.13. The van der Waals surface area contributed by atoms with Crippen molar-refractivity contribution >= 4 is 35.7 Å². The van der Waals surface area contributed by atoms with Crippen molar-refractivity contribution in [3.8, 4) is 0 Å². The van der Waals surface area contributed by atoms with E-state index in [1.54, 1.807) is 17.8 Å². The molecule has 0 aliphatic carbocycles. The molecule has 1 aromatic rings. The zero-order chi connectivity index (χ0) is 14.8. The van der Waals surface area contributed by atoms with Crippen LogP contribution in [0.5, 0.6) is 0 Å². The summed E-state index contributed by atoms with van der Waals surface area (Å²) in [6, 6.07) is 7.45. The highest BCUT2D eigenvalue weighted by atomic mass is 35.5. The molecule has 0 atom stereocenters. The average Bonchev–Trinajstić information content (AvgIpc) is 2.43. The van der Waals surface area contributed by atoms with Gasteiger partial charge in [0.25, 0.3) is 0 Å². The van der Waals surface area contributed by atoms with Crippen LogP contribution in [-0.4, -0.2) is 47.0 Å². The Morgan fingerprint density at radius 3 is 2.70 bits per heavy atom. The van der Waals surface area contributed by atoms with E-state index < -0.39 is 6.09 Å². The fourth-order valence-electron chi connectivity index (χ4n) is 1.67. The number of hydrogen-bond acceptors (Lipinski definition) is 3. The van der Waals surface area contributed by atoms with Crippen molar-refractivity contribution in [3.63, 3.8) is 0 Å². The third-order valence-electron chi connectivity index (χ3n) is 2.76. The lowest BCUT2D eigenvalue weighted by Crippen LogP contribution is -2.33. The van der Waals surface area contributed by atoms with E-state index in [0.29, 0.717) is 36.7 Å². The SMILES string of the molecule is O=CCCSCCN(CCc1ccccc1Cl)C(=O)O. The van der Waals surface area contributed by atoms with Gasteiger partial charge in [0.1, 0.15) is 6.29 Å². The van der Waals surface area contributed by atoms with E-state index in [2.05, 4.69) is 0 Å². The van der Waals surface area contributed by atoms with Gasteiger partial charge >= 0.3 is 6.09 Å². The summed E-state index contributed by atoms with van der Waals surface area (Å²) in [6.45, 7) is 0.886. The van der Waals surface area contributed by atoms with Crippen molar-refractivity contribution in [2.75, 3.05) is 24.6 Å². The van der Waals surface area contributed by atoms with Crippen molar-refractivity contribution < 1.29 is 14.7 Å². The Kier molecular flexibility index (Phi) is 8.14. The van der Waals surface area contributed by atoms with E-state index in [9.17, 15) is 9.59 Å². The minimum Gasteiger partial charge on any atom is -0.465 e. The van der Waals surface area contributed by atoms with Crippen molar-refractivity contribution in [1.82, 2.24) is 4.90 Å². The second kappa shape index (κ2) is 9.66. The second-order valence-corrected chi connectivity index (χ2v) is 5.81. The highest BCUT2D eigenvalue weighted by molar-refractivity contribution is 7.99. The second-order valence-electron chi connectivity index (χ2n) is 4.18. The number of nitrogens with zero attached hydrogens (tertiary/aromatic N) is 1. The minimum absolute atomic E-state index is 0.424. The predicted octanol–water partition coefficient (Wildman–Crippen LogP) is 3.18. The molecule has 4 nitrogen and oxygen atoms in total. The van der Waals surface area contributed by atoms with Gasteiger partial charge in [-0.25, -0.2) is 4.79 Å². The minimum atomic E-state index is -0.923. The van der Waals surface area contributed by atoms with Gasteiger partial charge in [0, 0.05) is 30.3 Å². The number of benzene rings is 1. The normalized spacial score (nSPS) is 10.2. The summed E-state index contributed by atoms with van der Waals surface area (Å²) in [4.78, 5) is 22.7. The van der Waals surface area contributed by atoms with Crippen LogP contribution in [-0.2, 0) is 11.2 Å². The summed E-state index contributed by atoms with van der Waals surface area (Å²) in [7, 11) is 0. The molecular weight excluding hydrogens is 298 g/mol. The van der Waals surface area contributed by atoms with Gasteiger partial charge in [0.2, 0.25) is 0 Å². The smallest absolute Gasteiger partial charge is 0.407 e. The van der Waals surface area contributed by atoms with Crippen LogP contribution in [0, 0.1) is 0 Å². The van der Waals surface area contributed by atoms with Gasteiger partial charge in [0.15, 0.2) is 0 Å². The van der Waals surface area contributed by atoms with Crippen molar-refractivity contribution in [2.45, 2.75) is 12.8 Å². The molecule has 0 bridgehead atoms. The topological polar surface area (TPSA) is 57.6 Å². The molecule has 0 unspecified atom stereocenters. The quantitative estimate of drug-likeness (QED) is 0.561. The fraction of sp³-hybridized carbons (Fsp3) is 0.429. The largest absolute Gasteiger partial charge is 0.465 e. The van der Waals surface area contributed by atoms with Crippen LogP contribution in [0.3, 0.4) is 0 Å². The molecule has 0 aliphatic heterocycles. The van der Waals surface area contributed by atoms with Gasteiger partial charge in [0.05, 0.1) is 0 Å². The lowest BCUT2D eigenvalue weighted by atomic mass is 10.1. The van der Waals surface area contributed by atoms with Crippen LogP contribution in [0.2, 0.25) is 5.02 Å². The van der Waals surface area contributed by atoms with Crippen LogP contribution >= 0.6 is 23.4 Å². The third kappa shape index (κ3) is 6.30. The van der Waals surface area contributed by atoms with Crippen LogP contribution in [0.25, 0.3) is 0 Å². The molecule has 20 heavy (non-hydrogen) atoms. The zero-order valence-corrected chi connectivity index (χ0v) is 12.7.